The molecule has 0 aliphatic heterocycles. The van der Waals surface area contributed by atoms with E-state index in [1.54, 1.807) is 24.3 Å². The summed E-state index contributed by atoms with van der Waals surface area (Å²) in [6, 6.07) is 6.70. The number of esters is 2. The number of nitrogens with one attached hydrogen (secondary N) is 1. The Labute approximate surface area is 136 Å². The summed E-state index contributed by atoms with van der Waals surface area (Å²) in [4.78, 5) is 34.3. The van der Waals surface area contributed by atoms with Crippen LogP contribution in [0, 0.1) is 5.92 Å². The Morgan fingerprint density at radius 1 is 1.13 bits per heavy atom. The van der Waals surface area contributed by atoms with Crippen molar-refractivity contribution >= 4 is 17.8 Å². The van der Waals surface area contributed by atoms with Crippen LogP contribution in [0.15, 0.2) is 24.3 Å². The number of methoxy groups -OCH3 is 1. The van der Waals surface area contributed by atoms with Gasteiger partial charge in [-0.1, -0.05) is 26.0 Å². The van der Waals surface area contributed by atoms with Crippen LogP contribution < -0.4 is 5.32 Å². The highest BCUT2D eigenvalue weighted by Crippen LogP contribution is 2.06. The molecule has 1 amide bonds. The minimum atomic E-state index is -0.408. The van der Waals surface area contributed by atoms with E-state index in [4.69, 9.17) is 4.74 Å². The second-order valence-corrected chi connectivity index (χ2v) is 5.56. The van der Waals surface area contributed by atoms with E-state index >= 15 is 0 Å². The van der Waals surface area contributed by atoms with Crippen molar-refractivity contribution in [1.82, 2.24) is 5.32 Å². The normalized spacial score (nSPS) is 10.3. The molecule has 0 spiro atoms. The van der Waals surface area contributed by atoms with Crippen LogP contribution in [-0.2, 0) is 25.6 Å². The minimum Gasteiger partial charge on any atom is -0.465 e. The number of carbonyl (C=O) groups is 3. The Morgan fingerprint density at radius 2 is 1.78 bits per heavy atom. The van der Waals surface area contributed by atoms with Gasteiger partial charge >= 0.3 is 11.9 Å². The second-order valence-electron chi connectivity index (χ2n) is 5.56. The molecule has 0 atom stereocenters. The number of carbonyl (C=O) groups excluding carboxylic acids is 3. The Kier molecular flexibility index (Phi) is 7.80. The molecular formula is C17H23NO5. The largest absolute Gasteiger partial charge is 0.465 e. The lowest BCUT2D eigenvalue weighted by atomic mass is 10.1. The molecule has 0 unspecified atom stereocenters. The number of hydrogen-bond donors (Lipinski definition) is 1. The van der Waals surface area contributed by atoms with Crippen molar-refractivity contribution in [2.45, 2.75) is 33.2 Å². The third kappa shape index (κ3) is 7.44. The van der Waals surface area contributed by atoms with Crippen LogP contribution in [-0.4, -0.2) is 31.6 Å². The molecule has 0 aliphatic carbocycles. The summed E-state index contributed by atoms with van der Waals surface area (Å²) in [5, 5.41) is 2.65. The zero-order chi connectivity index (χ0) is 17.2. The SMILES string of the molecule is COC(=O)c1ccc(CNC(=O)COC(=O)CCC(C)C)cc1. The van der Waals surface area contributed by atoms with Gasteiger partial charge in [0.25, 0.3) is 5.91 Å². The molecule has 1 aromatic carbocycles. The molecule has 0 saturated carbocycles. The van der Waals surface area contributed by atoms with Crippen LogP contribution in [0.2, 0.25) is 0 Å². The third-order valence-corrected chi connectivity index (χ3v) is 3.15. The smallest absolute Gasteiger partial charge is 0.337 e. The van der Waals surface area contributed by atoms with Crippen molar-refractivity contribution < 1.29 is 23.9 Å². The highest BCUT2D eigenvalue weighted by atomic mass is 16.5. The van der Waals surface area contributed by atoms with Crippen LogP contribution >= 0.6 is 0 Å². The standard InChI is InChI=1S/C17H23NO5/c1-12(2)4-9-16(20)23-11-15(19)18-10-13-5-7-14(8-6-13)17(21)22-3/h5-8,12H,4,9-11H2,1-3H3,(H,18,19). The molecule has 1 N–H and O–H groups in total. The fourth-order valence-electron chi connectivity index (χ4n) is 1.75. The maximum absolute atomic E-state index is 11.6. The molecule has 1 aromatic rings. The molecule has 126 valence electrons. The molecule has 0 heterocycles. The molecule has 0 radical (unpaired) electrons. The molecule has 1 rings (SSSR count). The number of benzene rings is 1. The van der Waals surface area contributed by atoms with Crippen LogP contribution in [0.3, 0.4) is 0 Å². The van der Waals surface area contributed by atoms with Gasteiger partial charge in [0, 0.05) is 13.0 Å². The quantitative estimate of drug-likeness (QED) is 0.741. The second kappa shape index (κ2) is 9.61. The maximum atomic E-state index is 11.6. The van der Waals surface area contributed by atoms with E-state index in [2.05, 4.69) is 10.1 Å². The first kappa shape index (κ1) is 18.7. The van der Waals surface area contributed by atoms with Gasteiger partial charge in [0.2, 0.25) is 0 Å². The molecule has 6 nitrogen and oxygen atoms in total. The summed E-state index contributed by atoms with van der Waals surface area (Å²) < 4.78 is 9.50. The fourth-order valence-corrected chi connectivity index (χ4v) is 1.75. The van der Waals surface area contributed by atoms with Gasteiger partial charge in [-0.3, -0.25) is 9.59 Å². The zero-order valence-corrected chi connectivity index (χ0v) is 13.8. The number of rotatable bonds is 8. The fraction of sp³-hybridized carbons (Fsp3) is 0.471. The predicted molar refractivity (Wildman–Crippen MR) is 84.7 cm³/mol. The summed E-state index contributed by atoms with van der Waals surface area (Å²) in [6.07, 6.45) is 1.06. The number of ether oxygens (including phenoxy) is 2. The van der Waals surface area contributed by atoms with Crippen molar-refractivity contribution in [3.05, 3.63) is 35.4 Å². The summed E-state index contributed by atoms with van der Waals surface area (Å²) in [5.74, 6) is -0.713. The van der Waals surface area contributed by atoms with E-state index in [1.165, 1.54) is 7.11 Å². The van der Waals surface area contributed by atoms with Crippen LogP contribution in [0.25, 0.3) is 0 Å². The van der Waals surface area contributed by atoms with Crippen molar-refractivity contribution in [2.24, 2.45) is 5.92 Å². The number of amides is 1. The van der Waals surface area contributed by atoms with Crippen molar-refractivity contribution in [3.63, 3.8) is 0 Å². The molecule has 0 aliphatic rings. The Morgan fingerprint density at radius 3 is 2.35 bits per heavy atom. The predicted octanol–water partition coefficient (Wildman–Crippen LogP) is 2.07. The summed E-state index contributed by atoms with van der Waals surface area (Å²) >= 11 is 0. The van der Waals surface area contributed by atoms with Gasteiger partial charge in [0.15, 0.2) is 6.61 Å². The first-order chi connectivity index (χ1) is 10.9. The van der Waals surface area contributed by atoms with Gasteiger partial charge in [0.05, 0.1) is 12.7 Å². The highest BCUT2D eigenvalue weighted by Gasteiger charge is 2.09. The first-order valence-corrected chi connectivity index (χ1v) is 7.52. The molecule has 23 heavy (non-hydrogen) atoms. The maximum Gasteiger partial charge on any atom is 0.337 e. The first-order valence-electron chi connectivity index (χ1n) is 7.52. The van der Waals surface area contributed by atoms with Crippen molar-refractivity contribution in [3.8, 4) is 0 Å². The summed E-state index contributed by atoms with van der Waals surface area (Å²) in [5.41, 5.74) is 1.28. The van der Waals surface area contributed by atoms with Gasteiger partial charge < -0.3 is 14.8 Å². The Hall–Kier alpha value is -2.37. The lowest BCUT2D eigenvalue weighted by Gasteiger charge is -2.08. The molecule has 0 saturated heterocycles. The van der Waals surface area contributed by atoms with E-state index in [0.717, 1.165) is 12.0 Å². The van der Waals surface area contributed by atoms with Gasteiger partial charge in [0.1, 0.15) is 0 Å². The van der Waals surface area contributed by atoms with Gasteiger partial charge in [-0.25, -0.2) is 4.79 Å². The van der Waals surface area contributed by atoms with E-state index in [0.29, 0.717) is 24.4 Å². The average Bonchev–Trinajstić information content (AvgIpc) is 2.55. The van der Waals surface area contributed by atoms with Gasteiger partial charge in [-0.2, -0.15) is 0 Å². The van der Waals surface area contributed by atoms with E-state index in [-0.39, 0.29) is 18.5 Å². The van der Waals surface area contributed by atoms with E-state index in [9.17, 15) is 14.4 Å². The molecule has 0 aromatic heterocycles. The van der Waals surface area contributed by atoms with Crippen LogP contribution in [0.4, 0.5) is 0 Å². The van der Waals surface area contributed by atoms with Crippen LogP contribution in [0.1, 0.15) is 42.6 Å². The van der Waals surface area contributed by atoms with Crippen LogP contribution in [0.5, 0.6) is 0 Å². The molecule has 0 bridgehead atoms. The topological polar surface area (TPSA) is 81.7 Å². The Bertz CT molecular complexity index is 536. The average molecular weight is 321 g/mol. The van der Waals surface area contributed by atoms with E-state index in [1.807, 2.05) is 13.8 Å². The van der Waals surface area contributed by atoms with Gasteiger partial charge in [-0.05, 0) is 30.0 Å². The lowest BCUT2D eigenvalue weighted by molar-refractivity contribution is -0.148. The molecular weight excluding hydrogens is 298 g/mol. The monoisotopic (exact) mass is 321 g/mol. The summed E-state index contributed by atoms with van der Waals surface area (Å²) in [7, 11) is 1.32. The minimum absolute atomic E-state index is 0.281. The molecule has 6 heteroatoms. The van der Waals surface area contributed by atoms with Crippen molar-refractivity contribution in [1.29, 1.82) is 0 Å². The third-order valence-electron chi connectivity index (χ3n) is 3.15. The summed E-state index contributed by atoms with van der Waals surface area (Å²) in [6.45, 7) is 4.05. The van der Waals surface area contributed by atoms with E-state index < -0.39 is 5.97 Å². The molecule has 0 fully saturated rings. The Balaban J connectivity index is 2.30. The lowest BCUT2D eigenvalue weighted by Crippen LogP contribution is -2.28. The highest BCUT2D eigenvalue weighted by molar-refractivity contribution is 5.89. The van der Waals surface area contributed by atoms with Crippen molar-refractivity contribution in [2.75, 3.05) is 13.7 Å². The van der Waals surface area contributed by atoms with Gasteiger partial charge in [-0.15, -0.1) is 0 Å². The zero-order valence-electron chi connectivity index (χ0n) is 13.8. The number of hydrogen-bond acceptors (Lipinski definition) is 5.